The van der Waals surface area contributed by atoms with Gasteiger partial charge in [-0.3, -0.25) is 4.79 Å². The number of aliphatic carboxylic acids is 1. The summed E-state index contributed by atoms with van der Waals surface area (Å²) in [6.45, 7) is 1.68. The number of carbonyl (C=O) groups is 1. The molecule has 1 aliphatic heterocycles. The van der Waals surface area contributed by atoms with E-state index in [1.807, 2.05) is 6.92 Å². The Bertz CT molecular complexity index is 659. The SMILES string of the molecule is CCC[C@]1(C(=O)O)CN(S(=O)(=O)c2ccc(Cl)s2)CCC1O. The van der Waals surface area contributed by atoms with Crippen LogP contribution in [0.1, 0.15) is 26.2 Å². The van der Waals surface area contributed by atoms with E-state index in [9.17, 15) is 23.4 Å². The van der Waals surface area contributed by atoms with E-state index in [0.717, 1.165) is 15.6 Å². The molecule has 0 aliphatic carbocycles. The van der Waals surface area contributed by atoms with Crippen LogP contribution in [0.5, 0.6) is 0 Å². The average Bonchev–Trinajstić information content (AvgIpc) is 2.88. The molecule has 2 N–H and O–H groups in total. The van der Waals surface area contributed by atoms with Crippen molar-refractivity contribution in [2.75, 3.05) is 13.1 Å². The second kappa shape index (κ2) is 6.45. The molecule has 1 aromatic rings. The zero-order valence-corrected chi connectivity index (χ0v) is 14.4. The van der Waals surface area contributed by atoms with Gasteiger partial charge in [-0.2, -0.15) is 4.31 Å². The molecule has 2 heterocycles. The largest absolute Gasteiger partial charge is 0.481 e. The highest BCUT2D eigenvalue weighted by atomic mass is 35.5. The van der Waals surface area contributed by atoms with Gasteiger partial charge in [0, 0.05) is 13.1 Å². The lowest BCUT2D eigenvalue weighted by atomic mass is 9.74. The number of nitrogens with zero attached hydrogens (tertiary/aromatic N) is 1. The Balaban J connectivity index is 2.36. The first-order chi connectivity index (χ1) is 10.2. The molecule has 22 heavy (non-hydrogen) atoms. The molecule has 1 aliphatic rings. The standard InChI is InChI=1S/C13H18ClNO5S2/c1-2-6-13(12(17)18)8-15(7-5-9(13)16)22(19,20)11-4-3-10(14)21-11/h3-4,9,16H,2,5-8H2,1H3,(H,17,18)/t9?,13-/m0/s1. The van der Waals surface area contributed by atoms with Gasteiger partial charge in [0.05, 0.1) is 10.4 Å². The quantitative estimate of drug-likeness (QED) is 0.830. The fraction of sp³-hybridized carbons (Fsp3) is 0.615. The van der Waals surface area contributed by atoms with Crippen LogP contribution in [0, 0.1) is 5.41 Å². The fourth-order valence-electron chi connectivity index (χ4n) is 2.82. The van der Waals surface area contributed by atoms with Crippen LogP contribution in [0.3, 0.4) is 0 Å². The third kappa shape index (κ3) is 3.03. The van der Waals surface area contributed by atoms with Crippen LogP contribution in [0.25, 0.3) is 0 Å². The second-order valence-corrected chi connectivity index (χ2v) is 9.29. The minimum absolute atomic E-state index is 0.0877. The van der Waals surface area contributed by atoms with Gasteiger partial charge in [-0.25, -0.2) is 8.42 Å². The van der Waals surface area contributed by atoms with Crippen LogP contribution in [-0.2, 0) is 14.8 Å². The maximum absolute atomic E-state index is 12.6. The van der Waals surface area contributed by atoms with Gasteiger partial charge < -0.3 is 10.2 Å². The van der Waals surface area contributed by atoms with Gasteiger partial charge in [-0.05, 0) is 25.0 Å². The lowest BCUT2D eigenvalue weighted by molar-refractivity contribution is -0.161. The summed E-state index contributed by atoms with van der Waals surface area (Å²) >= 11 is 6.72. The van der Waals surface area contributed by atoms with Crippen molar-refractivity contribution in [1.82, 2.24) is 4.31 Å². The topological polar surface area (TPSA) is 94.9 Å². The van der Waals surface area contributed by atoms with Crippen molar-refractivity contribution < 1.29 is 23.4 Å². The molecule has 0 spiro atoms. The predicted octanol–water partition coefficient (Wildman–Crippen LogP) is 2.03. The highest BCUT2D eigenvalue weighted by Gasteiger charge is 2.51. The Morgan fingerprint density at radius 3 is 2.73 bits per heavy atom. The maximum atomic E-state index is 12.6. The van der Waals surface area contributed by atoms with Crippen molar-refractivity contribution in [2.45, 2.75) is 36.5 Å². The van der Waals surface area contributed by atoms with Gasteiger partial charge in [0.2, 0.25) is 0 Å². The molecule has 1 aromatic heterocycles. The Morgan fingerprint density at radius 2 is 2.23 bits per heavy atom. The van der Waals surface area contributed by atoms with Crippen molar-refractivity contribution in [3.63, 3.8) is 0 Å². The van der Waals surface area contributed by atoms with E-state index in [1.165, 1.54) is 12.1 Å². The number of carboxylic acid groups (broad SMARTS) is 1. The fourth-order valence-corrected chi connectivity index (χ4v) is 5.98. The molecule has 0 bridgehead atoms. The maximum Gasteiger partial charge on any atom is 0.313 e. The molecule has 1 saturated heterocycles. The minimum Gasteiger partial charge on any atom is -0.481 e. The van der Waals surface area contributed by atoms with Gasteiger partial charge in [0.25, 0.3) is 10.0 Å². The van der Waals surface area contributed by atoms with Crippen LogP contribution in [-0.4, -0.2) is 48.1 Å². The van der Waals surface area contributed by atoms with Crippen molar-refractivity contribution in [3.05, 3.63) is 16.5 Å². The number of rotatable bonds is 5. The van der Waals surface area contributed by atoms with E-state index in [0.29, 0.717) is 10.8 Å². The minimum atomic E-state index is -3.79. The van der Waals surface area contributed by atoms with Gasteiger partial charge in [-0.1, -0.05) is 24.9 Å². The van der Waals surface area contributed by atoms with Crippen LogP contribution < -0.4 is 0 Å². The van der Waals surface area contributed by atoms with Crippen molar-refractivity contribution >= 4 is 38.9 Å². The normalized spacial score (nSPS) is 27.0. The van der Waals surface area contributed by atoms with E-state index in [-0.39, 0.29) is 30.1 Å². The number of sulfonamides is 1. The average molecular weight is 368 g/mol. The van der Waals surface area contributed by atoms with Gasteiger partial charge in [0.1, 0.15) is 9.62 Å². The third-order valence-corrected chi connectivity index (χ3v) is 7.56. The zero-order chi connectivity index (χ0) is 16.5. The van der Waals surface area contributed by atoms with E-state index >= 15 is 0 Å². The molecule has 6 nitrogen and oxygen atoms in total. The van der Waals surface area contributed by atoms with Crippen LogP contribution in [0.15, 0.2) is 16.3 Å². The number of thiophene rings is 1. The highest BCUT2D eigenvalue weighted by Crippen LogP contribution is 2.38. The predicted molar refractivity (Wildman–Crippen MR) is 83.7 cm³/mol. The molecule has 1 unspecified atom stereocenters. The molecule has 1 fully saturated rings. The molecular formula is C13H18ClNO5S2. The summed E-state index contributed by atoms with van der Waals surface area (Å²) in [5, 5.41) is 19.7. The summed E-state index contributed by atoms with van der Waals surface area (Å²) in [5.41, 5.74) is -1.46. The van der Waals surface area contributed by atoms with Crippen molar-refractivity contribution in [1.29, 1.82) is 0 Å². The number of carboxylic acids is 1. The summed E-state index contributed by atoms with van der Waals surface area (Å²) in [4.78, 5) is 11.7. The van der Waals surface area contributed by atoms with E-state index in [4.69, 9.17) is 11.6 Å². The van der Waals surface area contributed by atoms with Gasteiger partial charge >= 0.3 is 5.97 Å². The lowest BCUT2D eigenvalue weighted by Gasteiger charge is -2.42. The summed E-state index contributed by atoms with van der Waals surface area (Å²) in [6, 6.07) is 2.91. The molecule has 9 heteroatoms. The third-order valence-electron chi connectivity index (χ3n) is 4.01. The van der Waals surface area contributed by atoms with Gasteiger partial charge in [-0.15, -0.1) is 11.3 Å². The molecule has 2 atom stereocenters. The van der Waals surface area contributed by atoms with Gasteiger partial charge in [0.15, 0.2) is 0 Å². The number of aliphatic hydroxyl groups excluding tert-OH is 1. The molecule has 0 amide bonds. The van der Waals surface area contributed by atoms with Crippen LogP contribution >= 0.6 is 22.9 Å². The summed E-state index contributed by atoms with van der Waals surface area (Å²) < 4.78 is 26.8. The summed E-state index contributed by atoms with van der Waals surface area (Å²) in [6.07, 6.45) is -0.184. The first-order valence-corrected chi connectivity index (χ1v) is 9.54. The number of hydrogen-bond donors (Lipinski definition) is 2. The van der Waals surface area contributed by atoms with Crippen LogP contribution in [0.4, 0.5) is 0 Å². The molecule has 2 rings (SSSR count). The first kappa shape index (κ1) is 17.7. The first-order valence-electron chi connectivity index (χ1n) is 6.91. The Morgan fingerprint density at radius 1 is 1.55 bits per heavy atom. The lowest BCUT2D eigenvalue weighted by Crippen LogP contribution is -2.57. The molecule has 0 radical (unpaired) electrons. The Labute approximate surface area is 138 Å². The molecule has 0 aromatic carbocycles. The monoisotopic (exact) mass is 367 g/mol. The van der Waals surface area contributed by atoms with Crippen molar-refractivity contribution in [3.8, 4) is 0 Å². The molecule has 0 saturated carbocycles. The Hall–Kier alpha value is -0.670. The number of piperidine rings is 1. The zero-order valence-electron chi connectivity index (χ0n) is 12.0. The van der Waals surface area contributed by atoms with E-state index in [1.54, 1.807) is 0 Å². The number of halogens is 1. The van der Waals surface area contributed by atoms with E-state index < -0.39 is 27.5 Å². The second-order valence-electron chi connectivity index (χ2n) is 5.41. The summed E-state index contributed by atoms with van der Waals surface area (Å²) in [7, 11) is -3.79. The summed E-state index contributed by atoms with van der Waals surface area (Å²) in [5.74, 6) is -1.16. The molecular weight excluding hydrogens is 350 g/mol. The Kier molecular flexibility index (Phi) is 5.18. The smallest absolute Gasteiger partial charge is 0.313 e. The highest BCUT2D eigenvalue weighted by molar-refractivity contribution is 7.91. The number of aliphatic hydroxyl groups is 1. The van der Waals surface area contributed by atoms with E-state index in [2.05, 4.69) is 0 Å². The van der Waals surface area contributed by atoms with Crippen molar-refractivity contribution in [2.24, 2.45) is 5.41 Å². The van der Waals surface area contributed by atoms with Crippen LogP contribution in [0.2, 0.25) is 4.34 Å². The molecule has 124 valence electrons. The number of hydrogen-bond acceptors (Lipinski definition) is 5.